The van der Waals surface area contributed by atoms with Gasteiger partial charge in [0.25, 0.3) is 0 Å². The van der Waals surface area contributed by atoms with Crippen LogP contribution < -0.4 is 5.32 Å². The Balaban J connectivity index is 1.59. The van der Waals surface area contributed by atoms with E-state index in [4.69, 9.17) is 4.98 Å². The summed E-state index contributed by atoms with van der Waals surface area (Å²) in [6.07, 6.45) is 2.64. The molecule has 28 heavy (non-hydrogen) atoms. The molecule has 0 aliphatic heterocycles. The lowest BCUT2D eigenvalue weighted by Crippen LogP contribution is -2.11. The maximum atomic E-state index is 4.74. The van der Waals surface area contributed by atoms with E-state index in [9.17, 15) is 0 Å². The summed E-state index contributed by atoms with van der Waals surface area (Å²) in [5.74, 6) is 3.10. The van der Waals surface area contributed by atoms with Crippen LogP contribution in [0, 0.1) is 20.8 Å². The van der Waals surface area contributed by atoms with Gasteiger partial charge < -0.3 is 5.32 Å². The molecule has 0 radical (unpaired) electrons. The molecule has 0 saturated carbocycles. The predicted octanol–water partition coefficient (Wildman–Crippen LogP) is 2.44. The molecule has 0 unspecified atom stereocenters. The highest BCUT2D eigenvalue weighted by molar-refractivity contribution is 5.90. The maximum Gasteiger partial charge on any atom is 0.182 e. The van der Waals surface area contributed by atoms with Crippen molar-refractivity contribution in [1.29, 1.82) is 0 Å². The van der Waals surface area contributed by atoms with Crippen LogP contribution >= 0.6 is 0 Å². The molecular weight excluding hydrogens is 354 g/mol. The summed E-state index contributed by atoms with van der Waals surface area (Å²) in [5.41, 5.74) is 2.42. The van der Waals surface area contributed by atoms with E-state index in [1.54, 1.807) is 10.9 Å². The van der Waals surface area contributed by atoms with Crippen molar-refractivity contribution >= 4 is 16.9 Å². The largest absolute Gasteiger partial charge is 0.369 e. The monoisotopic (exact) mass is 377 g/mol. The highest BCUT2D eigenvalue weighted by atomic mass is 15.3. The summed E-state index contributed by atoms with van der Waals surface area (Å²) < 4.78 is 3.72. The van der Waals surface area contributed by atoms with Gasteiger partial charge in [-0.15, -0.1) is 0 Å². The number of rotatable bonds is 6. The van der Waals surface area contributed by atoms with Crippen molar-refractivity contribution in [3.63, 3.8) is 0 Å². The van der Waals surface area contributed by atoms with Gasteiger partial charge in [-0.25, -0.2) is 15.0 Å². The summed E-state index contributed by atoms with van der Waals surface area (Å²) >= 11 is 0. The van der Waals surface area contributed by atoms with E-state index in [-0.39, 0.29) is 0 Å². The number of aryl methyl sites for hydroxylation is 5. The first-order valence-electron chi connectivity index (χ1n) is 9.27. The number of hydrogen-bond donors (Lipinski definition) is 1. The molecule has 9 heteroatoms. The minimum atomic E-state index is 0.585. The van der Waals surface area contributed by atoms with Crippen molar-refractivity contribution in [2.24, 2.45) is 7.05 Å². The van der Waals surface area contributed by atoms with Gasteiger partial charge in [0, 0.05) is 26.3 Å². The average molecular weight is 377 g/mol. The van der Waals surface area contributed by atoms with Crippen molar-refractivity contribution < 1.29 is 0 Å². The summed E-state index contributed by atoms with van der Waals surface area (Å²) in [4.78, 5) is 18.1. The van der Waals surface area contributed by atoms with Gasteiger partial charge in [0.2, 0.25) is 0 Å². The molecule has 0 amide bonds. The lowest BCUT2D eigenvalue weighted by atomic mass is 10.2. The topological polar surface area (TPSA) is 99.2 Å². The zero-order chi connectivity index (χ0) is 19.7. The van der Waals surface area contributed by atoms with Crippen molar-refractivity contribution in [1.82, 2.24) is 39.5 Å². The number of pyridine rings is 1. The van der Waals surface area contributed by atoms with Gasteiger partial charge in [-0.05, 0) is 39.3 Å². The van der Waals surface area contributed by atoms with E-state index < -0.39 is 0 Å². The highest BCUT2D eigenvalue weighted by Gasteiger charge is 2.16. The average Bonchev–Trinajstić information content (AvgIpc) is 3.16. The van der Waals surface area contributed by atoms with Crippen molar-refractivity contribution in [2.45, 2.75) is 33.7 Å². The van der Waals surface area contributed by atoms with Gasteiger partial charge >= 0.3 is 0 Å². The van der Waals surface area contributed by atoms with Crippen LogP contribution in [0.15, 0.2) is 24.4 Å². The molecule has 4 rings (SSSR count). The van der Waals surface area contributed by atoms with Crippen LogP contribution in [0.2, 0.25) is 0 Å². The number of nitrogens with one attached hydrogen (secondary N) is 1. The minimum absolute atomic E-state index is 0.585. The smallest absolute Gasteiger partial charge is 0.182 e. The lowest BCUT2D eigenvalue weighted by molar-refractivity contribution is 0.571. The zero-order valence-corrected chi connectivity index (χ0v) is 16.5. The summed E-state index contributed by atoms with van der Waals surface area (Å²) in [7, 11) is 1.89. The van der Waals surface area contributed by atoms with Gasteiger partial charge in [0.1, 0.15) is 23.2 Å². The fourth-order valence-electron chi connectivity index (χ4n) is 3.28. The first-order chi connectivity index (χ1) is 13.5. The van der Waals surface area contributed by atoms with Gasteiger partial charge in [-0.3, -0.25) is 14.3 Å². The molecule has 0 bridgehead atoms. The molecule has 0 atom stereocenters. The molecule has 0 aliphatic carbocycles. The van der Waals surface area contributed by atoms with Crippen LogP contribution in [0.5, 0.6) is 0 Å². The second kappa shape index (κ2) is 7.34. The van der Waals surface area contributed by atoms with Gasteiger partial charge in [0.05, 0.1) is 11.1 Å². The van der Waals surface area contributed by atoms with E-state index in [1.165, 1.54) is 0 Å². The Hall–Kier alpha value is -3.36. The molecule has 0 saturated heterocycles. The molecule has 144 valence electrons. The third-order valence-electron chi connectivity index (χ3n) is 4.55. The van der Waals surface area contributed by atoms with Crippen molar-refractivity contribution in [3.05, 3.63) is 41.7 Å². The van der Waals surface area contributed by atoms with E-state index in [0.717, 1.165) is 59.4 Å². The van der Waals surface area contributed by atoms with Gasteiger partial charge in [-0.2, -0.15) is 10.2 Å². The van der Waals surface area contributed by atoms with Crippen LogP contribution in [-0.2, 0) is 13.6 Å². The van der Waals surface area contributed by atoms with Crippen LogP contribution in [0.1, 0.15) is 23.8 Å². The summed E-state index contributed by atoms with van der Waals surface area (Å²) in [6, 6.07) is 5.72. The Kier molecular flexibility index (Phi) is 4.72. The van der Waals surface area contributed by atoms with Crippen molar-refractivity contribution in [2.75, 3.05) is 11.9 Å². The summed E-state index contributed by atoms with van der Waals surface area (Å²) in [6.45, 7) is 7.40. The number of nitrogens with zero attached hydrogens (tertiary/aromatic N) is 8. The van der Waals surface area contributed by atoms with Crippen LogP contribution in [0.4, 0.5) is 5.82 Å². The summed E-state index contributed by atoms with van der Waals surface area (Å²) in [5, 5.41) is 13.3. The van der Waals surface area contributed by atoms with E-state index >= 15 is 0 Å². The normalized spacial score (nSPS) is 11.3. The second-order valence-corrected chi connectivity index (χ2v) is 6.73. The Morgan fingerprint density at radius 2 is 1.89 bits per heavy atom. The quantitative estimate of drug-likeness (QED) is 0.515. The number of anilines is 1. The Morgan fingerprint density at radius 1 is 1.04 bits per heavy atom. The molecule has 4 heterocycles. The Morgan fingerprint density at radius 3 is 2.61 bits per heavy atom. The number of aromatic nitrogens is 8. The van der Waals surface area contributed by atoms with Crippen molar-refractivity contribution in [3.8, 4) is 11.5 Å². The van der Waals surface area contributed by atoms with E-state index in [0.29, 0.717) is 5.82 Å². The Bertz CT molecular complexity index is 1110. The highest BCUT2D eigenvalue weighted by Crippen LogP contribution is 2.26. The zero-order valence-electron chi connectivity index (χ0n) is 16.5. The third-order valence-corrected chi connectivity index (χ3v) is 4.55. The second-order valence-electron chi connectivity index (χ2n) is 6.73. The van der Waals surface area contributed by atoms with Crippen LogP contribution in [-0.4, -0.2) is 46.0 Å². The molecule has 9 nitrogen and oxygen atoms in total. The first kappa shape index (κ1) is 18.0. The standard InChI is InChI=1S/C19H23N9/c1-12-16-18(21-10-7-11-28-14(3)22-13(2)26-28)23-17(15-8-5-6-9-20-15)24-19(16)27(4)25-12/h5-6,8-9H,7,10-11H2,1-4H3,(H,21,23,24). The van der Waals surface area contributed by atoms with E-state index in [2.05, 4.69) is 30.5 Å². The molecule has 4 aromatic heterocycles. The predicted molar refractivity (Wildman–Crippen MR) is 107 cm³/mol. The van der Waals surface area contributed by atoms with Gasteiger partial charge in [0.15, 0.2) is 11.5 Å². The SMILES string of the molecule is Cc1nc(C)n(CCCNc2nc(-c3ccccn3)nc3c2c(C)nn3C)n1. The minimum Gasteiger partial charge on any atom is -0.369 e. The number of fused-ring (bicyclic) bond motifs is 1. The molecular formula is C19H23N9. The maximum absolute atomic E-state index is 4.74. The van der Waals surface area contributed by atoms with E-state index in [1.807, 2.05) is 50.7 Å². The molecule has 0 aromatic carbocycles. The molecule has 1 N–H and O–H groups in total. The first-order valence-corrected chi connectivity index (χ1v) is 9.27. The molecule has 0 spiro atoms. The molecule has 0 aliphatic rings. The number of hydrogen-bond acceptors (Lipinski definition) is 7. The molecule has 4 aromatic rings. The van der Waals surface area contributed by atoms with Crippen LogP contribution in [0.3, 0.4) is 0 Å². The van der Waals surface area contributed by atoms with Gasteiger partial charge in [-0.1, -0.05) is 6.07 Å². The lowest BCUT2D eigenvalue weighted by Gasteiger charge is -2.10. The Labute approximate surface area is 162 Å². The molecule has 0 fully saturated rings. The fraction of sp³-hybridized carbons (Fsp3) is 0.368. The van der Waals surface area contributed by atoms with Crippen LogP contribution in [0.25, 0.3) is 22.6 Å². The fourth-order valence-corrected chi connectivity index (χ4v) is 3.28. The third kappa shape index (κ3) is 3.42.